The number of benzene rings is 1. The monoisotopic (exact) mass is 288 g/mol. The molecular weight excluding hydrogens is 277 g/mol. The van der Waals surface area contributed by atoms with Gasteiger partial charge in [0.05, 0.1) is 22.4 Å². The third-order valence-electron chi connectivity index (χ3n) is 2.62. The third-order valence-corrected chi connectivity index (χ3v) is 2.62. The number of rotatable bonds is 2. The van der Waals surface area contributed by atoms with Crippen molar-refractivity contribution in [1.82, 2.24) is 9.97 Å². The first-order valence-corrected chi connectivity index (χ1v) is 5.50. The zero-order valence-electron chi connectivity index (χ0n) is 10.6. The third kappa shape index (κ3) is 2.60. The first-order valence-electron chi connectivity index (χ1n) is 5.50. The number of nitrogens with one attached hydrogen (secondary N) is 3. The smallest absolute Gasteiger partial charge is 0.376 e. The number of nitrogens with zero attached hydrogens (tertiary/aromatic N) is 1. The van der Waals surface area contributed by atoms with Crippen LogP contribution in [0.15, 0.2) is 16.9 Å². The normalized spacial score (nSPS) is 11.7. The van der Waals surface area contributed by atoms with Crippen molar-refractivity contribution in [3.05, 3.63) is 22.6 Å². The molecular formula is C11H11F3N4O2. The highest BCUT2D eigenvalue weighted by molar-refractivity contribution is 6.00. The van der Waals surface area contributed by atoms with Crippen LogP contribution in [0.5, 0.6) is 0 Å². The van der Waals surface area contributed by atoms with Crippen LogP contribution in [0.4, 0.5) is 24.5 Å². The molecule has 108 valence electrons. The van der Waals surface area contributed by atoms with Gasteiger partial charge in [0, 0.05) is 14.1 Å². The minimum atomic E-state index is -4.98. The van der Waals surface area contributed by atoms with Crippen molar-refractivity contribution in [2.45, 2.75) is 6.18 Å². The zero-order valence-corrected chi connectivity index (χ0v) is 10.6. The van der Waals surface area contributed by atoms with Gasteiger partial charge in [-0.1, -0.05) is 0 Å². The summed E-state index contributed by atoms with van der Waals surface area (Å²) in [5.41, 5.74) is 0.552. The van der Waals surface area contributed by atoms with Gasteiger partial charge in [0.2, 0.25) is 0 Å². The summed E-state index contributed by atoms with van der Waals surface area (Å²) in [5.74, 6) is -2.07. The summed E-state index contributed by atoms with van der Waals surface area (Å²) >= 11 is 0. The molecule has 0 saturated heterocycles. The second kappa shape index (κ2) is 4.58. The summed E-state index contributed by atoms with van der Waals surface area (Å²) in [5, 5.41) is 1.79. The summed E-state index contributed by atoms with van der Waals surface area (Å²) in [6.07, 6.45) is -4.98. The van der Waals surface area contributed by atoms with Crippen molar-refractivity contribution in [2.75, 3.05) is 24.3 Å². The van der Waals surface area contributed by atoms with Crippen molar-refractivity contribution in [1.29, 1.82) is 0 Å². The van der Waals surface area contributed by atoms with Gasteiger partial charge in [-0.2, -0.15) is 13.2 Å². The van der Waals surface area contributed by atoms with E-state index in [0.717, 1.165) is 0 Å². The Bertz CT molecular complexity index is 715. The highest BCUT2D eigenvalue weighted by Crippen LogP contribution is 2.29. The first kappa shape index (κ1) is 14.0. The largest absolute Gasteiger partial charge is 0.471 e. The Hall–Kier alpha value is -2.45. The summed E-state index contributed by atoms with van der Waals surface area (Å²) in [4.78, 5) is 28.6. The minimum Gasteiger partial charge on any atom is -0.376 e. The lowest BCUT2D eigenvalue weighted by molar-refractivity contribution is -0.167. The molecule has 0 fully saturated rings. The van der Waals surface area contributed by atoms with Crippen molar-refractivity contribution in [3.8, 4) is 0 Å². The van der Waals surface area contributed by atoms with E-state index in [1.807, 2.05) is 0 Å². The van der Waals surface area contributed by atoms with Crippen LogP contribution in [0.25, 0.3) is 11.0 Å². The van der Waals surface area contributed by atoms with Gasteiger partial charge in [0.1, 0.15) is 0 Å². The molecule has 6 nitrogen and oxygen atoms in total. The molecule has 0 aliphatic carbocycles. The number of carbonyl (C=O) groups excluding carboxylic acids is 1. The predicted molar refractivity (Wildman–Crippen MR) is 67.9 cm³/mol. The second-order valence-corrected chi connectivity index (χ2v) is 4.34. The molecule has 9 heteroatoms. The number of aromatic nitrogens is 2. The number of anilines is 2. The van der Waals surface area contributed by atoms with Crippen LogP contribution in [-0.2, 0) is 4.79 Å². The van der Waals surface area contributed by atoms with Gasteiger partial charge < -0.3 is 20.2 Å². The number of hydrogen-bond donors (Lipinski definition) is 3. The fraction of sp³-hybridized carbons (Fsp3) is 0.273. The fourth-order valence-corrected chi connectivity index (χ4v) is 1.73. The van der Waals surface area contributed by atoms with Crippen LogP contribution in [0.2, 0.25) is 0 Å². The lowest BCUT2D eigenvalue weighted by Gasteiger charge is -2.18. The maximum absolute atomic E-state index is 12.3. The summed E-state index contributed by atoms with van der Waals surface area (Å²) in [6, 6.07) is 2.74. The van der Waals surface area contributed by atoms with E-state index in [9.17, 15) is 22.8 Å². The van der Waals surface area contributed by atoms with Gasteiger partial charge in [-0.25, -0.2) is 4.79 Å². The highest BCUT2D eigenvalue weighted by Gasteiger charge is 2.39. The number of imidazole rings is 1. The van der Waals surface area contributed by atoms with E-state index in [4.69, 9.17) is 0 Å². The van der Waals surface area contributed by atoms with E-state index < -0.39 is 17.8 Å². The average molecular weight is 288 g/mol. The Balaban J connectivity index is 2.52. The number of alkyl halides is 3. The Morgan fingerprint density at radius 1 is 1.20 bits per heavy atom. The van der Waals surface area contributed by atoms with Crippen molar-refractivity contribution in [3.63, 3.8) is 0 Å². The summed E-state index contributed by atoms with van der Waals surface area (Å²) < 4.78 is 36.9. The molecule has 0 spiro atoms. The van der Waals surface area contributed by atoms with E-state index in [0.29, 0.717) is 16.7 Å². The molecule has 1 aromatic heterocycles. The predicted octanol–water partition coefficient (Wildman–Crippen LogP) is 1.42. The molecule has 3 N–H and O–H groups in total. The van der Waals surface area contributed by atoms with Gasteiger partial charge in [0.25, 0.3) is 0 Å². The van der Waals surface area contributed by atoms with Crippen LogP contribution in [0, 0.1) is 0 Å². The molecule has 2 rings (SSSR count). The molecule has 0 atom stereocenters. The quantitative estimate of drug-likeness (QED) is 0.782. The van der Waals surface area contributed by atoms with Crippen LogP contribution < -0.4 is 15.9 Å². The molecule has 0 radical (unpaired) electrons. The first-order chi connectivity index (χ1) is 9.18. The standard InChI is InChI=1S/C11H11F3N4O2/c1-18(2)8-4-6-5(16-10(20)17-6)3-7(8)15-9(19)11(12,13)14/h3-4H,1-2H3,(H,15,19)(H2,16,17,20). The minimum absolute atomic E-state index is 0.0416. The maximum atomic E-state index is 12.3. The molecule has 1 amide bonds. The summed E-state index contributed by atoms with van der Waals surface area (Å²) in [7, 11) is 3.21. The van der Waals surface area contributed by atoms with E-state index in [1.165, 1.54) is 17.0 Å². The molecule has 0 aliphatic heterocycles. The number of halogens is 3. The number of fused-ring (bicyclic) bond motifs is 1. The Morgan fingerprint density at radius 2 is 1.75 bits per heavy atom. The fourth-order valence-electron chi connectivity index (χ4n) is 1.73. The number of carbonyl (C=O) groups is 1. The number of hydrogen-bond acceptors (Lipinski definition) is 3. The number of H-pyrrole nitrogens is 2. The van der Waals surface area contributed by atoms with Gasteiger partial charge >= 0.3 is 17.8 Å². The van der Waals surface area contributed by atoms with Gasteiger partial charge in [0.15, 0.2) is 0 Å². The number of amides is 1. The molecule has 0 aliphatic rings. The van der Waals surface area contributed by atoms with Crippen molar-refractivity contribution >= 4 is 28.3 Å². The molecule has 0 bridgehead atoms. The molecule has 1 aromatic carbocycles. The van der Waals surface area contributed by atoms with Crippen LogP contribution >= 0.6 is 0 Å². The van der Waals surface area contributed by atoms with E-state index >= 15 is 0 Å². The van der Waals surface area contributed by atoms with Gasteiger partial charge in [-0.15, -0.1) is 0 Å². The molecule has 0 saturated carbocycles. The second-order valence-electron chi connectivity index (χ2n) is 4.34. The lowest BCUT2D eigenvalue weighted by atomic mass is 10.2. The SMILES string of the molecule is CN(C)c1cc2[nH]c(=O)[nH]c2cc1NC(=O)C(F)(F)F. The van der Waals surface area contributed by atoms with Crippen LogP contribution in [-0.4, -0.2) is 36.1 Å². The molecule has 20 heavy (non-hydrogen) atoms. The van der Waals surface area contributed by atoms with E-state index in [2.05, 4.69) is 9.97 Å². The zero-order chi connectivity index (χ0) is 15.1. The Kier molecular flexibility index (Phi) is 3.20. The van der Waals surface area contributed by atoms with Crippen molar-refractivity contribution in [2.24, 2.45) is 0 Å². The number of aromatic amines is 2. The maximum Gasteiger partial charge on any atom is 0.471 e. The topological polar surface area (TPSA) is 81.0 Å². The van der Waals surface area contributed by atoms with Gasteiger partial charge in [-0.05, 0) is 12.1 Å². The summed E-state index contributed by atoms with van der Waals surface area (Å²) in [6.45, 7) is 0. The highest BCUT2D eigenvalue weighted by atomic mass is 19.4. The van der Waals surface area contributed by atoms with E-state index in [1.54, 1.807) is 19.4 Å². The molecule has 2 aromatic rings. The van der Waals surface area contributed by atoms with Crippen LogP contribution in [0.3, 0.4) is 0 Å². The van der Waals surface area contributed by atoms with Gasteiger partial charge in [-0.3, -0.25) is 4.79 Å². The van der Waals surface area contributed by atoms with Crippen LogP contribution in [0.1, 0.15) is 0 Å². The molecule has 0 unspecified atom stereocenters. The average Bonchev–Trinajstić information content (AvgIpc) is 2.65. The van der Waals surface area contributed by atoms with Crippen molar-refractivity contribution < 1.29 is 18.0 Å². The Morgan fingerprint density at radius 3 is 2.25 bits per heavy atom. The Labute approximate surface area is 110 Å². The molecule has 1 heterocycles. The lowest BCUT2D eigenvalue weighted by Crippen LogP contribution is -2.30. The van der Waals surface area contributed by atoms with E-state index in [-0.39, 0.29) is 5.69 Å².